The Hall–Kier alpha value is -0.610. The summed E-state index contributed by atoms with van der Waals surface area (Å²) in [7, 11) is 0. The summed E-state index contributed by atoms with van der Waals surface area (Å²) in [6.07, 6.45) is 2.85. The summed E-state index contributed by atoms with van der Waals surface area (Å²) in [6, 6.07) is -0.331. The van der Waals surface area contributed by atoms with E-state index in [2.05, 4.69) is 12.2 Å². The van der Waals surface area contributed by atoms with E-state index in [1.54, 1.807) is 0 Å². The summed E-state index contributed by atoms with van der Waals surface area (Å²) >= 11 is 0. The molecule has 0 heterocycles. The molecule has 0 aliphatic heterocycles. The van der Waals surface area contributed by atoms with Crippen LogP contribution in [0.15, 0.2) is 0 Å². The molecule has 0 aromatic rings. The molecule has 2 atom stereocenters. The van der Waals surface area contributed by atoms with E-state index in [0.29, 0.717) is 13.0 Å². The van der Waals surface area contributed by atoms with Crippen LogP contribution in [0.25, 0.3) is 0 Å². The smallest absolute Gasteiger partial charge is 0.320 e. The number of carboxylic acids is 1. The normalized spacial score (nSPS) is 15.1. The van der Waals surface area contributed by atoms with Crippen molar-refractivity contribution >= 4 is 5.97 Å². The topological polar surface area (TPSA) is 58.6 Å². The molecule has 4 nitrogen and oxygen atoms in total. The number of hydrogen-bond acceptors (Lipinski definition) is 3. The molecule has 16 heavy (non-hydrogen) atoms. The number of carbonyl (C=O) groups is 1. The molecule has 96 valence electrons. The summed E-state index contributed by atoms with van der Waals surface area (Å²) in [6.45, 7) is 8.51. The van der Waals surface area contributed by atoms with Crippen LogP contribution in [0.2, 0.25) is 0 Å². The zero-order valence-electron chi connectivity index (χ0n) is 10.8. The van der Waals surface area contributed by atoms with E-state index in [-0.39, 0.29) is 12.1 Å². The van der Waals surface area contributed by atoms with Crippen LogP contribution in [0, 0.1) is 0 Å². The average Bonchev–Trinajstić information content (AvgIpc) is 2.15. The number of rotatable bonds is 9. The lowest BCUT2D eigenvalue weighted by molar-refractivity contribution is -0.140. The van der Waals surface area contributed by atoms with Crippen molar-refractivity contribution in [3.63, 3.8) is 0 Å². The second-order valence-electron chi connectivity index (χ2n) is 4.47. The predicted octanol–water partition coefficient (Wildman–Crippen LogP) is 2.03. The van der Waals surface area contributed by atoms with E-state index < -0.39 is 12.0 Å². The lowest BCUT2D eigenvalue weighted by Crippen LogP contribution is -2.41. The van der Waals surface area contributed by atoms with Crippen molar-refractivity contribution in [2.45, 2.75) is 65.1 Å². The zero-order valence-corrected chi connectivity index (χ0v) is 10.8. The van der Waals surface area contributed by atoms with Crippen molar-refractivity contribution < 1.29 is 14.6 Å². The van der Waals surface area contributed by atoms with Gasteiger partial charge in [0.2, 0.25) is 0 Å². The van der Waals surface area contributed by atoms with Crippen molar-refractivity contribution in [3.8, 4) is 0 Å². The van der Waals surface area contributed by atoms with Gasteiger partial charge in [0.25, 0.3) is 0 Å². The van der Waals surface area contributed by atoms with Crippen molar-refractivity contribution in [3.05, 3.63) is 0 Å². The lowest BCUT2D eigenvalue weighted by atomic mass is 10.2. The van der Waals surface area contributed by atoms with E-state index in [1.165, 1.54) is 0 Å². The molecule has 0 amide bonds. The molecule has 4 heteroatoms. The molecule has 2 N–H and O–H groups in total. The van der Waals surface area contributed by atoms with Gasteiger partial charge in [-0.2, -0.15) is 0 Å². The molecule has 0 bridgehead atoms. The number of nitrogens with one attached hydrogen (secondary N) is 1. The second kappa shape index (κ2) is 8.53. The molecule has 0 spiro atoms. The molecule has 0 aromatic carbocycles. The lowest BCUT2D eigenvalue weighted by Gasteiger charge is -2.18. The summed E-state index contributed by atoms with van der Waals surface area (Å²) in [5.74, 6) is -0.805. The maximum Gasteiger partial charge on any atom is 0.320 e. The fraction of sp³-hybridized carbons (Fsp3) is 0.917. The number of aliphatic carboxylic acids is 1. The highest BCUT2D eigenvalue weighted by molar-refractivity contribution is 5.73. The molecule has 2 unspecified atom stereocenters. The second-order valence-corrected chi connectivity index (χ2v) is 4.47. The van der Waals surface area contributed by atoms with Crippen molar-refractivity contribution in [1.82, 2.24) is 5.32 Å². The molecule has 0 saturated carbocycles. The first-order valence-electron chi connectivity index (χ1n) is 6.07. The Balaban J connectivity index is 3.80. The van der Waals surface area contributed by atoms with Gasteiger partial charge in [0.15, 0.2) is 0 Å². The largest absolute Gasteiger partial charge is 0.480 e. The van der Waals surface area contributed by atoms with Crippen LogP contribution < -0.4 is 5.32 Å². The van der Waals surface area contributed by atoms with Gasteiger partial charge in [-0.1, -0.05) is 27.2 Å². The van der Waals surface area contributed by atoms with E-state index in [1.807, 2.05) is 20.8 Å². The van der Waals surface area contributed by atoms with Gasteiger partial charge >= 0.3 is 5.97 Å². The van der Waals surface area contributed by atoms with Gasteiger partial charge < -0.3 is 15.2 Å². The van der Waals surface area contributed by atoms with Crippen molar-refractivity contribution in [2.75, 3.05) is 6.61 Å². The van der Waals surface area contributed by atoms with Crippen LogP contribution in [-0.2, 0) is 9.53 Å². The fourth-order valence-corrected chi connectivity index (χ4v) is 1.56. The Bertz CT molecular complexity index is 195. The highest BCUT2D eigenvalue weighted by Gasteiger charge is 2.17. The van der Waals surface area contributed by atoms with Crippen LogP contribution in [0.5, 0.6) is 0 Å². The first kappa shape index (κ1) is 15.4. The summed E-state index contributed by atoms with van der Waals surface area (Å²) in [4.78, 5) is 10.9. The summed E-state index contributed by atoms with van der Waals surface area (Å²) < 4.78 is 5.54. The SMILES string of the molecule is CCCC(C)OCCC(NC(C)C)C(=O)O. The molecule has 0 aromatic heterocycles. The Morgan fingerprint density at radius 2 is 1.94 bits per heavy atom. The molecule has 0 rings (SSSR count). The number of carboxylic acid groups (broad SMARTS) is 1. The first-order valence-corrected chi connectivity index (χ1v) is 6.07. The third-order valence-corrected chi connectivity index (χ3v) is 2.34. The third kappa shape index (κ3) is 7.65. The maximum atomic E-state index is 10.9. The molecule has 0 fully saturated rings. The van der Waals surface area contributed by atoms with E-state index in [9.17, 15) is 4.79 Å². The Morgan fingerprint density at radius 3 is 2.38 bits per heavy atom. The molecule has 0 radical (unpaired) electrons. The average molecular weight is 231 g/mol. The summed E-state index contributed by atoms with van der Waals surface area (Å²) in [5.41, 5.74) is 0. The van der Waals surface area contributed by atoms with Gasteiger partial charge in [-0.15, -0.1) is 0 Å². The van der Waals surface area contributed by atoms with Crippen LogP contribution >= 0.6 is 0 Å². The Morgan fingerprint density at radius 1 is 1.31 bits per heavy atom. The molecule has 0 aliphatic carbocycles. The molecule has 0 saturated heterocycles. The van der Waals surface area contributed by atoms with Gasteiger partial charge in [0, 0.05) is 12.6 Å². The van der Waals surface area contributed by atoms with Gasteiger partial charge in [-0.3, -0.25) is 4.79 Å². The fourth-order valence-electron chi connectivity index (χ4n) is 1.56. The van der Waals surface area contributed by atoms with Gasteiger partial charge in [0.1, 0.15) is 6.04 Å². The van der Waals surface area contributed by atoms with Gasteiger partial charge in [-0.05, 0) is 19.8 Å². The predicted molar refractivity (Wildman–Crippen MR) is 64.6 cm³/mol. The summed E-state index contributed by atoms with van der Waals surface area (Å²) in [5, 5.41) is 12.0. The van der Waals surface area contributed by atoms with Crippen LogP contribution in [-0.4, -0.2) is 35.9 Å². The minimum atomic E-state index is -0.805. The van der Waals surface area contributed by atoms with Gasteiger partial charge in [-0.25, -0.2) is 0 Å². The van der Waals surface area contributed by atoms with Crippen LogP contribution in [0.4, 0.5) is 0 Å². The van der Waals surface area contributed by atoms with Gasteiger partial charge in [0.05, 0.1) is 6.10 Å². The standard InChI is InChI=1S/C12H25NO3/c1-5-6-10(4)16-8-7-11(12(14)15)13-9(2)3/h9-11,13H,5-8H2,1-4H3,(H,14,15). The molecular weight excluding hydrogens is 206 g/mol. The Labute approximate surface area is 98.4 Å². The van der Waals surface area contributed by atoms with Crippen molar-refractivity contribution in [1.29, 1.82) is 0 Å². The molecular formula is C12H25NO3. The minimum Gasteiger partial charge on any atom is -0.480 e. The quantitative estimate of drug-likeness (QED) is 0.637. The number of ether oxygens (including phenoxy) is 1. The molecule has 0 aliphatic rings. The third-order valence-electron chi connectivity index (χ3n) is 2.34. The Kier molecular flexibility index (Phi) is 8.21. The van der Waals surface area contributed by atoms with Crippen LogP contribution in [0.3, 0.4) is 0 Å². The highest BCUT2D eigenvalue weighted by Crippen LogP contribution is 2.03. The van der Waals surface area contributed by atoms with E-state index in [0.717, 1.165) is 12.8 Å². The van der Waals surface area contributed by atoms with Crippen LogP contribution in [0.1, 0.15) is 47.0 Å². The number of hydrogen-bond donors (Lipinski definition) is 2. The zero-order chi connectivity index (χ0) is 12.6. The monoisotopic (exact) mass is 231 g/mol. The minimum absolute atomic E-state index is 0.175. The van der Waals surface area contributed by atoms with Crippen molar-refractivity contribution in [2.24, 2.45) is 0 Å². The highest BCUT2D eigenvalue weighted by atomic mass is 16.5. The van der Waals surface area contributed by atoms with E-state index >= 15 is 0 Å². The van der Waals surface area contributed by atoms with E-state index in [4.69, 9.17) is 9.84 Å². The first-order chi connectivity index (χ1) is 7.47. The maximum absolute atomic E-state index is 10.9.